The zero-order valence-electron chi connectivity index (χ0n) is 18.2. The van der Waals surface area contributed by atoms with E-state index in [0.717, 1.165) is 42.2 Å². The SMILES string of the molecule is C=C(C)C(=O)OCCN1C(=O)c2cccc3c(N4CCN(CCO)CC4)ccc(c23)C1=O. The second kappa shape index (κ2) is 9.10. The van der Waals surface area contributed by atoms with Gasteiger partial charge in [-0.15, -0.1) is 0 Å². The van der Waals surface area contributed by atoms with Gasteiger partial charge < -0.3 is 14.7 Å². The summed E-state index contributed by atoms with van der Waals surface area (Å²) in [4.78, 5) is 43.5. The first-order chi connectivity index (χ1) is 15.4. The molecular formula is C24H27N3O5. The molecule has 32 heavy (non-hydrogen) atoms. The highest BCUT2D eigenvalue weighted by Crippen LogP contribution is 2.36. The number of piperazine rings is 1. The van der Waals surface area contributed by atoms with Crippen LogP contribution in [0.25, 0.3) is 10.8 Å². The van der Waals surface area contributed by atoms with Gasteiger partial charge in [0.2, 0.25) is 0 Å². The van der Waals surface area contributed by atoms with Crippen LogP contribution in [0.1, 0.15) is 27.6 Å². The molecule has 0 atom stereocenters. The van der Waals surface area contributed by atoms with Crippen molar-refractivity contribution in [2.45, 2.75) is 6.92 Å². The van der Waals surface area contributed by atoms with E-state index >= 15 is 0 Å². The Labute approximate surface area is 186 Å². The number of hydrogen-bond donors (Lipinski definition) is 1. The number of ether oxygens (including phenoxy) is 1. The van der Waals surface area contributed by atoms with Crippen molar-refractivity contribution >= 4 is 34.2 Å². The van der Waals surface area contributed by atoms with E-state index in [0.29, 0.717) is 23.1 Å². The summed E-state index contributed by atoms with van der Waals surface area (Å²) in [5, 5.41) is 10.7. The van der Waals surface area contributed by atoms with Gasteiger partial charge in [-0.3, -0.25) is 19.4 Å². The number of aliphatic hydroxyl groups excluding tert-OH is 1. The molecule has 2 aromatic carbocycles. The zero-order valence-corrected chi connectivity index (χ0v) is 18.2. The van der Waals surface area contributed by atoms with Crippen molar-refractivity contribution < 1.29 is 24.2 Å². The molecule has 8 heteroatoms. The fraction of sp³-hybridized carbons (Fsp3) is 0.375. The number of nitrogens with zero attached hydrogens (tertiary/aromatic N) is 3. The van der Waals surface area contributed by atoms with Crippen LogP contribution in [0.15, 0.2) is 42.5 Å². The predicted octanol–water partition coefficient (Wildman–Crippen LogP) is 1.67. The molecule has 0 spiro atoms. The van der Waals surface area contributed by atoms with E-state index in [2.05, 4.69) is 16.4 Å². The van der Waals surface area contributed by atoms with E-state index < -0.39 is 5.97 Å². The molecule has 0 aliphatic carbocycles. The number of benzene rings is 2. The number of amides is 2. The van der Waals surface area contributed by atoms with Gasteiger partial charge in [-0.05, 0) is 25.1 Å². The second-order valence-corrected chi connectivity index (χ2v) is 8.09. The van der Waals surface area contributed by atoms with Crippen molar-refractivity contribution in [2.24, 2.45) is 0 Å². The van der Waals surface area contributed by atoms with Crippen molar-refractivity contribution in [2.75, 3.05) is 57.4 Å². The number of esters is 1. The number of carbonyl (C=O) groups is 3. The van der Waals surface area contributed by atoms with Crippen LogP contribution in [0, 0.1) is 0 Å². The third-order valence-electron chi connectivity index (χ3n) is 5.99. The first kappa shape index (κ1) is 22.0. The van der Waals surface area contributed by atoms with Crippen molar-refractivity contribution in [3.8, 4) is 0 Å². The molecule has 4 rings (SSSR count). The van der Waals surface area contributed by atoms with Crippen molar-refractivity contribution in [1.29, 1.82) is 0 Å². The van der Waals surface area contributed by atoms with E-state index in [9.17, 15) is 14.4 Å². The van der Waals surface area contributed by atoms with Gasteiger partial charge in [0, 0.05) is 65.9 Å². The minimum absolute atomic E-state index is 0.0128. The third kappa shape index (κ3) is 3.99. The van der Waals surface area contributed by atoms with Gasteiger partial charge >= 0.3 is 5.97 Å². The Hall–Kier alpha value is -3.23. The Morgan fingerprint density at radius 2 is 1.72 bits per heavy atom. The molecule has 2 amide bonds. The number of hydrogen-bond acceptors (Lipinski definition) is 7. The van der Waals surface area contributed by atoms with Crippen LogP contribution >= 0.6 is 0 Å². The maximum atomic E-state index is 13.1. The summed E-state index contributed by atoms with van der Waals surface area (Å²) in [7, 11) is 0. The summed E-state index contributed by atoms with van der Waals surface area (Å²) in [6.45, 7) is 9.09. The fourth-order valence-electron chi connectivity index (χ4n) is 4.32. The average Bonchev–Trinajstić information content (AvgIpc) is 2.80. The van der Waals surface area contributed by atoms with E-state index in [1.807, 2.05) is 18.2 Å². The molecule has 2 aromatic rings. The molecule has 8 nitrogen and oxygen atoms in total. The number of β-amino-alcohol motifs (C(OH)–C–C–N with tert-alkyl or cyclic N) is 1. The smallest absolute Gasteiger partial charge is 0.333 e. The molecular weight excluding hydrogens is 410 g/mol. The monoisotopic (exact) mass is 437 g/mol. The molecule has 0 aromatic heterocycles. The Morgan fingerprint density at radius 1 is 1.03 bits per heavy atom. The van der Waals surface area contributed by atoms with Gasteiger partial charge in [-0.2, -0.15) is 0 Å². The Kier molecular flexibility index (Phi) is 6.25. The van der Waals surface area contributed by atoms with Crippen LogP contribution in [-0.4, -0.2) is 85.2 Å². The lowest BCUT2D eigenvalue weighted by atomic mass is 9.92. The first-order valence-electron chi connectivity index (χ1n) is 10.7. The summed E-state index contributed by atoms with van der Waals surface area (Å²) in [6.07, 6.45) is 0. The highest BCUT2D eigenvalue weighted by atomic mass is 16.5. The molecule has 2 heterocycles. The average molecular weight is 437 g/mol. The summed E-state index contributed by atoms with van der Waals surface area (Å²) >= 11 is 0. The quantitative estimate of drug-likeness (QED) is 0.400. The number of carbonyl (C=O) groups excluding carboxylic acids is 3. The largest absolute Gasteiger partial charge is 0.460 e. The van der Waals surface area contributed by atoms with E-state index in [4.69, 9.17) is 9.84 Å². The van der Waals surface area contributed by atoms with Gasteiger partial charge in [-0.25, -0.2) is 4.79 Å². The molecule has 0 radical (unpaired) electrons. The van der Waals surface area contributed by atoms with Gasteiger partial charge in [0.25, 0.3) is 11.8 Å². The van der Waals surface area contributed by atoms with Crippen molar-refractivity contribution in [1.82, 2.24) is 9.80 Å². The summed E-state index contributed by atoms with van der Waals surface area (Å²) in [6, 6.07) is 9.23. The topological polar surface area (TPSA) is 90.4 Å². The van der Waals surface area contributed by atoms with Crippen LogP contribution in [0.2, 0.25) is 0 Å². The maximum absolute atomic E-state index is 13.1. The maximum Gasteiger partial charge on any atom is 0.333 e. The standard InChI is InChI=1S/C24H27N3O5/c1-16(2)24(31)32-15-13-27-22(29)18-5-3-4-17-20(7-6-19(21(17)18)23(27)30)26-10-8-25(9-11-26)12-14-28/h3-7,28H,1,8-15H2,2H3. The highest BCUT2D eigenvalue weighted by Gasteiger charge is 2.34. The second-order valence-electron chi connectivity index (χ2n) is 8.09. The molecule has 0 saturated carbocycles. The first-order valence-corrected chi connectivity index (χ1v) is 10.7. The minimum Gasteiger partial charge on any atom is -0.460 e. The lowest BCUT2D eigenvalue weighted by molar-refractivity contribution is -0.139. The number of imide groups is 1. The molecule has 0 bridgehead atoms. The Morgan fingerprint density at radius 3 is 2.38 bits per heavy atom. The normalized spacial score (nSPS) is 16.6. The molecule has 1 N–H and O–H groups in total. The molecule has 168 valence electrons. The van der Waals surface area contributed by atoms with Gasteiger partial charge in [0.1, 0.15) is 6.61 Å². The molecule has 1 fully saturated rings. The summed E-state index contributed by atoms with van der Waals surface area (Å²) in [5.74, 6) is -1.32. The Balaban J connectivity index is 1.60. The van der Waals surface area contributed by atoms with Crippen LogP contribution < -0.4 is 4.90 Å². The van der Waals surface area contributed by atoms with Crippen LogP contribution in [0.3, 0.4) is 0 Å². The zero-order chi connectivity index (χ0) is 22.8. The molecule has 2 aliphatic heterocycles. The van der Waals surface area contributed by atoms with E-state index in [1.165, 1.54) is 0 Å². The fourth-order valence-corrected chi connectivity index (χ4v) is 4.32. The minimum atomic E-state index is -0.548. The van der Waals surface area contributed by atoms with Gasteiger partial charge in [0.05, 0.1) is 13.2 Å². The van der Waals surface area contributed by atoms with Gasteiger partial charge in [0.15, 0.2) is 0 Å². The van der Waals surface area contributed by atoms with E-state index in [1.54, 1.807) is 19.1 Å². The van der Waals surface area contributed by atoms with Crippen molar-refractivity contribution in [3.05, 3.63) is 53.6 Å². The summed E-state index contributed by atoms with van der Waals surface area (Å²) < 4.78 is 5.08. The third-order valence-corrected chi connectivity index (χ3v) is 5.99. The lowest BCUT2D eigenvalue weighted by Crippen LogP contribution is -2.47. The van der Waals surface area contributed by atoms with Crippen LogP contribution in [0.5, 0.6) is 0 Å². The molecule has 2 aliphatic rings. The van der Waals surface area contributed by atoms with Crippen LogP contribution in [0.4, 0.5) is 5.69 Å². The van der Waals surface area contributed by atoms with Gasteiger partial charge in [-0.1, -0.05) is 18.7 Å². The molecule has 1 saturated heterocycles. The Bertz CT molecular complexity index is 1070. The predicted molar refractivity (Wildman–Crippen MR) is 121 cm³/mol. The summed E-state index contributed by atoms with van der Waals surface area (Å²) in [5.41, 5.74) is 2.22. The number of anilines is 1. The van der Waals surface area contributed by atoms with Crippen LogP contribution in [-0.2, 0) is 9.53 Å². The van der Waals surface area contributed by atoms with Crippen molar-refractivity contribution in [3.63, 3.8) is 0 Å². The highest BCUT2D eigenvalue weighted by molar-refractivity contribution is 6.26. The number of aliphatic hydroxyl groups is 1. The number of rotatable bonds is 7. The van der Waals surface area contributed by atoms with E-state index in [-0.39, 0.29) is 37.1 Å². The lowest BCUT2D eigenvalue weighted by Gasteiger charge is -2.37. The molecule has 0 unspecified atom stereocenters.